The van der Waals surface area contributed by atoms with E-state index in [2.05, 4.69) is 11.7 Å². The Kier molecular flexibility index (Phi) is 9.30. The maximum atomic E-state index is 13.3. The molecule has 1 rings (SSSR count). The van der Waals surface area contributed by atoms with Crippen molar-refractivity contribution in [2.75, 3.05) is 14.0 Å². The normalized spacial score (nSPS) is 9.47. The van der Waals surface area contributed by atoms with Gasteiger partial charge in [0.2, 0.25) is 6.86 Å². The van der Waals surface area contributed by atoms with E-state index < -0.39 is 12.7 Å². The Morgan fingerprint density at radius 3 is 2.41 bits per heavy atom. The van der Waals surface area contributed by atoms with Gasteiger partial charge in [-0.3, -0.25) is 4.39 Å². The summed E-state index contributed by atoms with van der Waals surface area (Å²) in [4.78, 5) is 0. The number of ether oxygens (including phenoxy) is 1. The van der Waals surface area contributed by atoms with Crippen LogP contribution in [0.5, 0.6) is 5.75 Å². The van der Waals surface area contributed by atoms with Crippen LogP contribution in [0.2, 0.25) is 0 Å². The van der Waals surface area contributed by atoms with Crippen molar-refractivity contribution < 1.29 is 17.9 Å². The van der Waals surface area contributed by atoms with Gasteiger partial charge in [0.05, 0.1) is 7.18 Å². The predicted molar refractivity (Wildman–Crippen MR) is 63.3 cm³/mol. The van der Waals surface area contributed by atoms with Crippen LogP contribution in [-0.2, 0) is 6.42 Å². The van der Waals surface area contributed by atoms with E-state index in [1.807, 2.05) is 0 Å². The number of benzene rings is 1. The molecule has 0 aromatic heterocycles. The molecule has 0 radical (unpaired) electrons. The molecule has 4 heteroatoms. The molecule has 0 N–H and O–H groups in total. The van der Waals surface area contributed by atoms with Crippen molar-refractivity contribution in [3.8, 4) is 5.75 Å². The third-order valence-corrected chi connectivity index (χ3v) is 2.28. The van der Waals surface area contributed by atoms with Crippen molar-refractivity contribution in [1.82, 2.24) is 0 Å². The Bertz CT molecular complexity index is 303. The number of unbranched alkanes of at least 4 members (excludes halogenated alkanes) is 2. The molecular formula is C13H19F3O. The quantitative estimate of drug-likeness (QED) is 0.676. The van der Waals surface area contributed by atoms with Crippen LogP contribution < -0.4 is 4.74 Å². The Morgan fingerprint density at radius 2 is 1.88 bits per heavy atom. The van der Waals surface area contributed by atoms with E-state index in [0.717, 1.165) is 31.2 Å². The molecule has 0 unspecified atom stereocenters. The monoisotopic (exact) mass is 248 g/mol. The Hall–Kier alpha value is -1.19. The first kappa shape index (κ1) is 15.8. The van der Waals surface area contributed by atoms with Crippen molar-refractivity contribution in [2.45, 2.75) is 32.6 Å². The van der Waals surface area contributed by atoms with Crippen LogP contribution in [0.3, 0.4) is 0 Å². The van der Waals surface area contributed by atoms with Gasteiger partial charge in [-0.25, -0.2) is 8.78 Å². The van der Waals surface area contributed by atoms with Crippen LogP contribution in [-0.4, -0.2) is 14.0 Å². The number of aryl methyl sites for hydroxylation is 1. The number of rotatable bonds is 6. The van der Waals surface area contributed by atoms with E-state index in [4.69, 9.17) is 0 Å². The highest BCUT2D eigenvalue weighted by Gasteiger charge is 2.04. The van der Waals surface area contributed by atoms with Gasteiger partial charge in [0, 0.05) is 0 Å². The average Bonchev–Trinajstić information content (AvgIpc) is 2.36. The second-order valence-corrected chi connectivity index (χ2v) is 3.48. The fourth-order valence-electron chi connectivity index (χ4n) is 1.45. The molecule has 1 aromatic carbocycles. The smallest absolute Gasteiger partial charge is 0.228 e. The van der Waals surface area contributed by atoms with Gasteiger partial charge in [0.1, 0.15) is 0 Å². The molecule has 0 bridgehead atoms. The molecule has 0 amide bonds. The summed E-state index contributed by atoms with van der Waals surface area (Å²) in [6, 6.07) is 4.68. The summed E-state index contributed by atoms with van der Waals surface area (Å²) < 4.78 is 39.0. The average molecular weight is 248 g/mol. The van der Waals surface area contributed by atoms with Crippen LogP contribution in [0.15, 0.2) is 18.2 Å². The van der Waals surface area contributed by atoms with Crippen molar-refractivity contribution in [1.29, 1.82) is 0 Å². The van der Waals surface area contributed by atoms with Gasteiger partial charge in [-0.05, 0) is 30.5 Å². The maximum absolute atomic E-state index is 13.3. The molecule has 0 aliphatic carbocycles. The first-order valence-electron chi connectivity index (χ1n) is 5.63. The third-order valence-electron chi connectivity index (χ3n) is 2.28. The molecule has 0 saturated heterocycles. The van der Waals surface area contributed by atoms with E-state index in [0.29, 0.717) is 7.18 Å². The molecular weight excluding hydrogens is 229 g/mol. The SMILES string of the molecule is CCCCCc1ccc(OCF)c(F)c1.CF. The summed E-state index contributed by atoms with van der Waals surface area (Å²) in [6.45, 7) is 1.13. The van der Waals surface area contributed by atoms with Crippen molar-refractivity contribution in [3.05, 3.63) is 29.6 Å². The third kappa shape index (κ3) is 6.19. The molecule has 1 nitrogen and oxygen atoms in total. The molecule has 0 heterocycles. The summed E-state index contributed by atoms with van der Waals surface area (Å²) in [7, 11) is 0.500. The minimum atomic E-state index is -0.994. The number of alkyl halides is 2. The minimum Gasteiger partial charge on any atom is -0.460 e. The number of halogens is 3. The second-order valence-electron chi connectivity index (χ2n) is 3.48. The number of hydrogen-bond acceptors (Lipinski definition) is 1. The summed E-state index contributed by atoms with van der Waals surface area (Å²) in [6.07, 6.45) is 4.20. The number of hydrogen-bond donors (Lipinski definition) is 0. The van der Waals surface area contributed by atoms with Crippen molar-refractivity contribution in [3.63, 3.8) is 0 Å². The lowest BCUT2D eigenvalue weighted by molar-refractivity contribution is 0.184. The zero-order chi connectivity index (χ0) is 13.1. The van der Waals surface area contributed by atoms with Crippen LogP contribution >= 0.6 is 0 Å². The fraction of sp³-hybridized carbons (Fsp3) is 0.538. The maximum Gasteiger partial charge on any atom is 0.228 e. The van der Waals surface area contributed by atoms with Gasteiger partial charge in [-0.1, -0.05) is 25.8 Å². The van der Waals surface area contributed by atoms with Crippen molar-refractivity contribution in [2.24, 2.45) is 0 Å². The van der Waals surface area contributed by atoms with E-state index in [-0.39, 0.29) is 5.75 Å². The first-order chi connectivity index (χ1) is 8.27. The van der Waals surface area contributed by atoms with Gasteiger partial charge in [0.25, 0.3) is 0 Å². The van der Waals surface area contributed by atoms with Gasteiger partial charge in [0.15, 0.2) is 11.6 Å². The van der Waals surface area contributed by atoms with E-state index >= 15 is 0 Å². The Balaban J connectivity index is 0.00000121. The molecule has 0 atom stereocenters. The molecule has 1 aromatic rings. The standard InChI is InChI=1S/C12H16F2O.CH3F/c1-2-3-4-5-10-6-7-12(15-9-13)11(14)8-10;1-2/h6-8H,2-5,9H2,1H3;1H3. The Labute approximate surface area is 101 Å². The van der Waals surface area contributed by atoms with Crippen LogP contribution in [0.4, 0.5) is 13.2 Å². The molecule has 0 spiro atoms. The molecule has 98 valence electrons. The summed E-state index contributed by atoms with van der Waals surface area (Å²) in [5.74, 6) is -0.501. The summed E-state index contributed by atoms with van der Waals surface area (Å²) in [5.41, 5.74) is 0.937. The van der Waals surface area contributed by atoms with E-state index in [1.54, 1.807) is 6.07 Å². The fourth-order valence-corrected chi connectivity index (χ4v) is 1.45. The summed E-state index contributed by atoms with van der Waals surface area (Å²) >= 11 is 0. The highest BCUT2D eigenvalue weighted by molar-refractivity contribution is 5.29. The minimum absolute atomic E-state index is 0.0169. The molecule has 17 heavy (non-hydrogen) atoms. The lowest BCUT2D eigenvalue weighted by Crippen LogP contribution is -1.95. The predicted octanol–water partition coefficient (Wildman–Crippen LogP) is 4.45. The van der Waals surface area contributed by atoms with Gasteiger partial charge >= 0.3 is 0 Å². The van der Waals surface area contributed by atoms with Gasteiger partial charge in [-0.15, -0.1) is 0 Å². The van der Waals surface area contributed by atoms with Crippen LogP contribution in [0, 0.1) is 5.82 Å². The van der Waals surface area contributed by atoms with Gasteiger partial charge in [-0.2, -0.15) is 0 Å². The van der Waals surface area contributed by atoms with Crippen LogP contribution in [0.1, 0.15) is 31.7 Å². The second kappa shape index (κ2) is 10.00. The molecule has 0 saturated carbocycles. The Morgan fingerprint density at radius 1 is 1.18 bits per heavy atom. The largest absolute Gasteiger partial charge is 0.460 e. The zero-order valence-corrected chi connectivity index (χ0v) is 10.3. The lowest BCUT2D eigenvalue weighted by atomic mass is 10.1. The molecule has 0 aliphatic heterocycles. The van der Waals surface area contributed by atoms with E-state index in [1.165, 1.54) is 12.1 Å². The topological polar surface area (TPSA) is 9.23 Å². The highest BCUT2D eigenvalue weighted by Crippen LogP contribution is 2.19. The lowest BCUT2D eigenvalue weighted by Gasteiger charge is -2.05. The zero-order valence-electron chi connectivity index (χ0n) is 10.3. The van der Waals surface area contributed by atoms with E-state index in [9.17, 15) is 13.2 Å². The van der Waals surface area contributed by atoms with Crippen LogP contribution in [0.25, 0.3) is 0 Å². The highest BCUT2D eigenvalue weighted by atomic mass is 19.1. The first-order valence-corrected chi connectivity index (χ1v) is 5.63. The van der Waals surface area contributed by atoms with Crippen molar-refractivity contribution >= 4 is 0 Å². The summed E-state index contributed by atoms with van der Waals surface area (Å²) in [5, 5.41) is 0. The molecule has 0 aliphatic rings. The molecule has 0 fully saturated rings. The van der Waals surface area contributed by atoms with Gasteiger partial charge < -0.3 is 4.74 Å².